The number of amides is 3. The van der Waals surface area contributed by atoms with Gasteiger partial charge in [0.15, 0.2) is 0 Å². The zero-order chi connectivity index (χ0) is 22.2. The zero-order valence-corrected chi connectivity index (χ0v) is 18.9. The fourth-order valence-electron chi connectivity index (χ4n) is 5.31. The van der Waals surface area contributed by atoms with Crippen molar-refractivity contribution in [1.82, 2.24) is 0 Å². The lowest BCUT2D eigenvalue weighted by Crippen LogP contribution is -2.35. The van der Waals surface area contributed by atoms with Gasteiger partial charge in [0, 0.05) is 10.4 Å². The highest BCUT2D eigenvalue weighted by molar-refractivity contribution is 7.17. The van der Waals surface area contributed by atoms with Crippen molar-refractivity contribution in [3.63, 3.8) is 0 Å². The van der Waals surface area contributed by atoms with Crippen LogP contribution in [0.5, 0.6) is 0 Å². The summed E-state index contributed by atoms with van der Waals surface area (Å²) < 4.78 is 5.82. The molecule has 3 saturated heterocycles. The number of nitrogens with zero attached hydrogens (tertiary/aromatic N) is 1. The van der Waals surface area contributed by atoms with E-state index in [1.807, 2.05) is 31.2 Å². The first-order chi connectivity index (χ1) is 14.6. The van der Waals surface area contributed by atoms with E-state index in [4.69, 9.17) is 10.5 Å². The van der Waals surface area contributed by atoms with Gasteiger partial charge in [0.05, 0.1) is 29.6 Å². The Kier molecular flexibility index (Phi) is 4.44. The average Bonchev–Trinajstić information content (AvgIpc) is 3.43. The van der Waals surface area contributed by atoms with E-state index in [1.54, 1.807) is 0 Å². The largest absolute Gasteiger partial charge is 0.373 e. The molecule has 1 aromatic carbocycles. The number of nitrogens with two attached hydrogens (primary N) is 1. The maximum absolute atomic E-state index is 13.3. The normalized spacial score (nSPS) is 27.3. The van der Waals surface area contributed by atoms with Crippen molar-refractivity contribution in [2.75, 3.05) is 4.90 Å². The summed E-state index contributed by atoms with van der Waals surface area (Å²) in [6.45, 7) is 8.32. The van der Waals surface area contributed by atoms with Gasteiger partial charge in [0.1, 0.15) is 5.00 Å². The third kappa shape index (κ3) is 2.90. The van der Waals surface area contributed by atoms with Crippen molar-refractivity contribution in [3.05, 3.63) is 40.3 Å². The summed E-state index contributed by atoms with van der Waals surface area (Å²) in [6.07, 6.45) is 1.21. The molecule has 0 radical (unpaired) electrons. The predicted octanol–water partition coefficient (Wildman–Crippen LogP) is 3.79. The minimum Gasteiger partial charge on any atom is -0.373 e. The topological polar surface area (TPSA) is 89.7 Å². The Labute approximate surface area is 185 Å². The number of aryl methyl sites for hydroxylation is 1. The van der Waals surface area contributed by atoms with Crippen LogP contribution in [0.15, 0.2) is 24.3 Å². The van der Waals surface area contributed by atoms with Crippen LogP contribution in [0.1, 0.15) is 54.4 Å². The van der Waals surface area contributed by atoms with E-state index in [0.29, 0.717) is 10.6 Å². The third-order valence-electron chi connectivity index (χ3n) is 6.84. The number of ether oxygens (including phenoxy) is 1. The minimum atomic E-state index is -0.633. The molecule has 0 saturated carbocycles. The zero-order valence-electron chi connectivity index (χ0n) is 18.1. The maximum atomic E-state index is 13.3. The molecule has 4 atom stereocenters. The van der Waals surface area contributed by atoms with Gasteiger partial charge in [-0.15, -0.1) is 11.3 Å². The van der Waals surface area contributed by atoms with Crippen molar-refractivity contribution in [2.45, 2.75) is 58.2 Å². The monoisotopic (exact) mass is 438 g/mol. The molecular weight excluding hydrogens is 412 g/mol. The minimum absolute atomic E-state index is 0.00744. The molecule has 0 aliphatic carbocycles. The van der Waals surface area contributed by atoms with Gasteiger partial charge in [0.25, 0.3) is 5.91 Å². The lowest BCUT2D eigenvalue weighted by molar-refractivity contribution is -0.124. The number of carbonyl (C=O) groups excluding carboxylic acids is 3. The Bertz CT molecular complexity index is 1080. The molecule has 5 rings (SSSR count). The third-order valence-corrected chi connectivity index (χ3v) is 7.93. The molecule has 2 bridgehead atoms. The molecule has 7 heteroatoms. The number of thiophene rings is 1. The van der Waals surface area contributed by atoms with Crippen molar-refractivity contribution >= 4 is 34.1 Å². The van der Waals surface area contributed by atoms with Crippen molar-refractivity contribution < 1.29 is 19.1 Å². The van der Waals surface area contributed by atoms with Crippen molar-refractivity contribution in [2.24, 2.45) is 17.6 Å². The van der Waals surface area contributed by atoms with Crippen LogP contribution in [-0.2, 0) is 19.7 Å². The Balaban J connectivity index is 1.60. The first-order valence-electron chi connectivity index (χ1n) is 10.7. The predicted molar refractivity (Wildman–Crippen MR) is 119 cm³/mol. The molecule has 3 aliphatic heterocycles. The van der Waals surface area contributed by atoms with Crippen molar-refractivity contribution in [3.8, 4) is 11.1 Å². The SMILES string of the molecule is Cc1sc(N2C(=O)[C@@H]3[C@H](C2=O)[C@H]2CC[C@H]3O2)c(C(N)=O)c1-c1ccc(C(C)(C)C)cc1. The second-order valence-electron chi connectivity index (χ2n) is 9.76. The van der Waals surface area contributed by atoms with Crippen LogP contribution in [0.3, 0.4) is 0 Å². The maximum Gasteiger partial charge on any atom is 0.252 e. The van der Waals surface area contributed by atoms with Gasteiger partial charge in [-0.2, -0.15) is 0 Å². The average molecular weight is 439 g/mol. The van der Waals surface area contributed by atoms with Gasteiger partial charge in [-0.05, 0) is 36.3 Å². The fraction of sp³-hybridized carbons (Fsp3) is 0.458. The molecule has 2 aromatic rings. The molecular formula is C24H26N2O4S. The number of carbonyl (C=O) groups is 3. The van der Waals surface area contributed by atoms with E-state index in [9.17, 15) is 14.4 Å². The number of anilines is 1. The number of hydrogen-bond donors (Lipinski definition) is 1. The summed E-state index contributed by atoms with van der Waals surface area (Å²) in [7, 11) is 0. The van der Waals surface area contributed by atoms with Gasteiger partial charge in [0.2, 0.25) is 11.8 Å². The van der Waals surface area contributed by atoms with Crippen LogP contribution >= 0.6 is 11.3 Å². The lowest BCUT2D eigenvalue weighted by atomic mass is 9.81. The van der Waals surface area contributed by atoms with Gasteiger partial charge < -0.3 is 10.5 Å². The summed E-state index contributed by atoms with van der Waals surface area (Å²) in [5.41, 5.74) is 8.79. The van der Waals surface area contributed by atoms with Gasteiger partial charge in [-0.25, -0.2) is 4.90 Å². The number of benzene rings is 1. The Morgan fingerprint density at radius 2 is 1.61 bits per heavy atom. The highest BCUT2D eigenvalue weighted by Gasteiger charge is 2.63. The standard InChI is InChI=1S/C24H26N2O4S/c1-11-16(12-5-7-13(8-6-12)24(2,3)4)19(20(25)27)23(31-11)26-21(28)17-14-9-10-15(30-14)18(17)22(26)29/h5-8,14-15,17-18H,9-10H2,1-4H3,(H2,25,27)/t14-,15-,17-,18+/m1/s1. The molecule has 6 nitrogen and oxygen atoms in total. The summed E-state index contributed by atoms with van der Waals surface area (Å²) in [5, 5.41) is 0.351. The number of imide groups is 1. The molecule has 3 amide bonds. The first-order valence-corrected chi connectivity index (χ1v) is 11.5. The van der Waals surface area contributed by atoms with Crippen LogP contribution in [0.4, 0.5) is 5.00 Å². The van der Waals surface area contributed by atoms with E-state index >= 15 is 0 Å². The highest BCUT2D eigenvalue weighted by atomic mass is 32.1. The lowest BCUT2D eigenvalue weighted by Gasteiger charge is -2.19. The molecule has 4 heterocycles. The smallest absolute Gasteiger partial charge is 0.252 e. The fourth-order valence-corrected chi connectivity index (χ4v) is 6.50. The van der Waals surface area contributed by atoms with Crippen LogP contribution in [0, 0.1) is 18.8 Å². The Morgan fingerprint density at radius 1 is 1.06 bits per heavy atom. The van der Waals surface area contributed by atoms with Crippen LogP contribution < -0.4 is 10.6 Å². The van der Waals surface area contributed by atoms with E-state index in [-0.39, 0.29) is 35.0 Å². The molecule has 31 heavy (non-hydrogen) atoms. The quantitative estimate of drug-likeness (QED) is 0.739. The van der Waals surface area contributed by atoms with Crippen LogP contribution in [0.2, 0.25) is 0 Å². The summed E-state index contributed by atoms with van der Waals surface area (Å²) >= 11 is 1.28. The molecule has 1 aromatic heterocycles. The Morgan fingerprint density at radius 3 is 2.10 bits per heavy atom. The van der Waals surface area contributed by atoms with Gasteiger partial charge in [-0.3, -0.25) is 14.4 Å². The second-order valence-corrected chi connectivity index (χ2v) is 11.0. The highest BCUT2D eigenvalue weighted by Crippen LogP contribution is 2.52. The molecule has 0 unspecified atom stereocenters. The first kappa shape index (κ1) is 20.4. The Hall–Kier alpha value is -2.51. The van der Waals surface area contributed by atoms with Gasteiger partial charge in [-0.1, -0.05) is 45.0 Å². The van der Waals surface area contributed by atoms with E-state index in [2.05, 4.69) is 20.8 Å². The molecule has 3 fully saturated rings. The number of primary amides is 1. The van der Waals surface area contributed by atoms with Crippen molar-refractivity contribution in [1.29, 1.82) is 0 Å². The molecule has 2 N–H and O–H groups in total. The van der Waals surface area contributed by atoms with Crippen LogP contribution in [-0.4, -0.2) is 29.9 Å². The number of fused-ring (bicyclic) bond motifs is 5. The summed E-state index contributed by atoms with van der Waals surface area (Å²) in [5.74, 6) is -2.04. The second kappa shape index (κ2) is 6.74. The number of rotatable bonds is 3. The van der Waals surface area contributed by atoms with E-state index < -0.39 is 17.7 Å². The van der Waals surface area contributed by atoms with E-state index in [1.165, 1.54) is 21.8 Å². The molecule has 162 valence electrons. The summed E-state index contributed by atoms with van der Waals surface area (Å²) in [6, 6.07) is 8.04. The summed E-state index contributed by atoms with van der Waals surface area (Å²) in [4.78, 5) is 41.1. The molecule has 0 spiro atoms. The molecule has 3 aliphatic rings. The van der Waals surface area contributed by atoms with E-state index in [0.717, 1.165) is 23.3 Å². The number of hydrogen-bond acceptors (Lipinski definition) is 5. The van der Waals surface area contributed by atoms with Crippen LogP contribution in [0.25, 0.3) is 11.1 Å². The van der Waals surface area contributed by atoms with Gasteiger partial charge >= 0.3 is 0 Å².